The molecular weight excluding hydrogens is 230 g/mol. The standard InChI is InChI=1S/C14H19NO3/c1-9(2)13-14(17)18-11(8-16)7-10-5-3-4-6-12(10)15-13/h3-6,9,11,13,15-16H,7-8H2,1-2H3/t11-,13+/m1/s1. The van der Waals surface area contributed by atoms with Gasteiger partial charge in [0.25, 0.3) is 0 Å². The van der Waals surface area contributed by atoms with Crippen LogP contribution in [0.25, 0.3) is 0 Å². The van der Waals surface area contributed by atoms with E-state index in [2.05, 4.69) is 5.32 Å². The van der Waals surface area contributed by atoms with Crippen LogP contribution in [0.4, 0.5) is 5.69 Å². The second-order valence-corrected chi connectivity index (χ2v) is 4.97. The number of hydrogen-bond acceptors (Lipinski definition) is 4. The van der Waals surface area contributed by atoms with Gasteiger partial charge in [-0.05, 0) is 17.5 Å². The van der Waals surface area contributed by atoms with Crippen LogP contribution in [-0.4, -0.2) is 29.8 Å². The number of carbonyl (C=O) groups excluding carboxylic acids is 1. The average Bonchev–Trinajstić information content (AvgIpc) is 2.33. The molecule has 0 saturated heterocycles. The van der Waals surface area contributed by atoms with Crippen LogP contribution in [0.15, 0.2) is 24.3 Å². The van der Waals surface area contributed by atoms with Crippen molar-refractivity contribution in [3.63, 3.8) is 0 Å². The third-order valence-electron chi connectivity index (χ3n) is 3.18. The van der Waals surface area contributed by atoms with Gasteiger partial charge < -0.3 is 15.2 Å². The topological polar surface area (TPSA) is 58.6 Å². The lowest BCUT2D eigenvalue weighted by Crippen LogP contribution is -2.41. The number of cyclic esters (lactones) is 1. The molecule has 0 spiro atoms. The maximum absolute atomic E-state index is 12.0. The Labute approximate surface area is 107 Å². The summed E-state index contributed by atoms with van der Waals surface area (Å²) in [4.78, 5) is 12.0. The Morgan fingerprint density at radius 2 is 2.17 bits per heavy atom. The summed E-state index contributed by atoms with van der Waals surface area (Å²) in [6.45, 7) is 3.79. The number of hydrogen-bond donors (Lipinski definition) is 2. The van der Waals surface area contributed by atoms with Crippen molar-refractivity contribution in [2.24, 2.45) is 5.92 Å². The number of aliphatic hydroxyl groups is 1. The molecule has 2 atom stereocenters. The zero-order chi connectivity index (χ0) is 13.1. The second-order valence-electron chi connectivity index (χ2n) is 4.97. The molecule has 0 aromatic heterocycles. The Bertz CT molecular complexity index is 431. The summed E-state index contributed by atoms with van der Waals surface area (Å²) in [6.07, 6.45) is 0.0814. The molecule has 1 aromatic rings. The van der Waals surface area contributed by atoms with Crippen molar-refractivity contribution in [2.75, 3.05) is 11.9 Å². The van der Waals surface area contributed by atoms with Crippen molar-refractivity contribution in [1.29, 1.82) is 0 Å². The van der Waals surface area contributed by atoms with Gasteiger partial charge in [-0.1, -0.05) is 32.0 Å². The fourth-order valence-corrected chi connectivity index (χ4v) is 2.13. The van der Waals surface area contributed by atoms with E-state index in [1.165, 1.54) is 0 Å². The Hall–Kier alpha value is -1.55. The van der Waals surface area contributed by atoms with E-state index in [4.69, 9.17) is 4.74 Å². The van der Waals surface area contributed by atoms with E-state index in [0.29, 0.717) is 6.42 Å². The molecule has 1 aliphatic heterocycles. The number of para-hydroxylation sites is 1. The summed E-state index contributed by atoms with van der Waals surface area (Å²) in [5.74, 6) is -0.165. The van der Waals surface area contributed by atoms with Gasteiger partial charge in [0.1, 0.15) is 12.1 Å². The molecule has 2 rings (SSSR count). The van der Waals surface area contributed by atoms with Crippen LogP contribution in [0.5, 0.6) is 0 Å². The Kier molecular flexibility index (Phi) is 3.87. The van der Waals surface area contributed by atoms with Crippen LogP contribution in [-0.2, 0) is 16.0 Å². The molecule has 98 valence electrons. The summed E-state index contributed by atoms with van der Waals surface area (Å²) >= 11 is 0. The van der Waals surface area contributed by atoms with Gasteiger partial charge in [0.05, 0.1) is 6.61 Å². The zero-order valence-corrected chi connectivity index (χ0v) is 10.7. The lowest BCUT2D eigenvalue weighted by molar-refractivity contribution is -0.153. The van der Waals surface area contributed by atoms with Gasteiger partial charge in [0.15, 0.2) is 0 Å². The van der Waals surface area contributed by atoms with Gasteiger partial charge in [-0.15, -0.1) is 0 Å². The SMILES string of the molecule is CC(C)[C@@H]1Nc2ccccc2C[C@H](CO)OC1=O. The summed E-state index contributed by atoms with van der Waals surface area (Å²) in [5.41, 5.74) is 2.01. The highest BCUT2D eigenvalue weighted by Crippen LogP contribution is 2.24. The van der Waals surface area contributed by atoms with Crippen molar-refractivity contribution < 1.29 is 14.6 Å². The van der Waals surface area contributed by atoms with Gasteiger partial charge in [-0.3, -0.25) is 0 Å². The highest BCUT2D eigenvalue weighted by atomic mass is 16.6. The highest BCUT2D eigenvalue weighted by molar-refractivity contribution is 5.80. The zero-order valence-electron chi connectivity index (χ0n) is 10.7. The smallest absolute Gasteiger partial charge is 0.329 e. The number of aliphatic hydroxyl groups excluding tert-OH is 1. The number of carbonyl (C=O) groups is 1. The number of esters is 1. The molecule has 1 aliphatic rings. The summed E-state index contributed by atoms with van der Waals surface area (Å²) < 4.78 is 5.32. The molecule has 1 aromatic carbocycles. The first-order valence-corrected chi connectivity index (χ1v) is 6.27. The molecule has 1 heterocycles. The quantitative estimate of drug-likeness (QED) is 0.781. The van der Waals surface area contributed by atoms with Gasteiger partial charge in [-0.2, -0.15) is 0 Å². The van der Waals surface area contributed by atoms with E-state index in [1.54, 1.807) is 0 Å². The van der Waals surface area contributed by atoms with Crippen LogP contribution in [0.1, 0.15) is 19.4 Å². The second kappa shape index (κ2) is 5.40. The molecule has 4 heteroatoms. The molecule has 0 fully saturated rings. The number of fused-ring (bicyclic) bond motifs is 1. The van der Waals surface area contributed by atoms with Crippen molar-refractivity contribution in [3.8, 4) is 0 Å². The predicted molar refractivity (Wildman–Crippen MR) is 69.4 cm³/mol. The highest BCUT2D eigenvalue weighted by Gasteiger charge is 2.29. The molecule has 4 nitrogen and oxygen atoms in total. The Morgan fingerprint density at radius 3 is 2.83 bits per heavy atom. The number of nitrogens with one attached hydrogen (secondary N) is 1. The lowest BCUT2D eigenvalue weighted by atomic mass is 9.99. The minimum atomic E-state index is -0.456. The van der Waals surface area contributed by atoms with Crippen LogP contribution < -0.4 is 5.32 Å². The van der Waals surface area contributed by atoms with E-state index >= 15 is 0 Å². The van der Waals surface area contributed by atoms with Gasteiger partial charge in [0.2, 0.25) is 0 Å². The van der Waals surface area contributed by atoms with Gasteiger partial charge >= 0.3 is 5.97 Å². The Balaban J connectivity index is 2.35. The van der Waals surface area contributed by atoms with E-state index in [1.807, 2.05) is 38.1 Å². The summed E-state index contributed by atoms with van der Waals surface area (Å²) in [7, 11) is 0. The van der Waals surface area contributed by atoms with Crippen LogP contribution in [0.2, 0.25) is 0 Å². The van der Waals surface area contributed by atoms with E-state index < -0.39 is 6.10 Å². The monoisotopic (exact) mass is 249 g/mol. The van der Waals surface area contributed by atoms with Crippen molar-refractivity contribution in [1.82, 2.24) is 0 Å². The van der Waals surface area contributed by atoms with Gasteiger partial charge in [-0.25, -0.2) is 4.79 Å². The molecule has 0 amide bonds. The fraction of sp³-hybridized carbons (Fsp3) is 0.500. The molecule has 0 saturated carbocycles. The molecular formula is C14H19NO3. The van der Waals surface area contributed by atoms with Crippen molar-refractivity contribution in [2.45, 2.75) is 32.4 Å². The largest absolute Gasteiger partial charge is 0.458 e. The molecule has 0 unspecified atom stereocenters. The molecule has 0 bridgehead atoms. The van der Waals surface area contributed by atoms with E-state index in [9.17, 15) is 9.90 Å². The molecule has 0 radical (unpaired) electrons. The van der Waals surface area contributed by atoms with Crippen LogP contribution in [0.3, 0.4) is 0 Å². The number of anilines is 1. The van der Waals surface area contributed by atoms with E-state index in [-0.39, 0.29) is 24.5 Å². The van der Waals surface area contributed by atoms with E-state index in [0.717, 1.165) is 11.3 Å². The number of ether oxygens (including phenoxy) is 1. The minimum absolute atomic E-state index is 0.128. The fourth-order valence-electron chi connectivity index (χ4n) is 2.13. The first-order valence-electron chi connectivity index (χ1n) is 6.27. The van der Waals surface area contributed by atoms with Crippen LogP contribution in [0, 0.1) is 5.92 Å². The van der Waals surface area contributed by atoms with Gasteiger partial charge in [0, 0.05) is 12.1 Å². The minimum Gasteiger partial charge on any atom is -0.458 e. The number of benzene rings is 1. The normalized spacial score (nSPS) is 23.7. The summed E-state index contributed by atoms with van der Waals surface area (Å²) in [5, 5.41) is 12.5. The molecule has 0 aliphatic carbocycles. The third kappa shape index (κ3) is 2.64. The Morgan fingerprint density at radius 1 is 1.44 bits per heavy atom. The predicted octanol–water partition coefficient (Wildman–Crippen LogP) is 1.58. The molecule has 18 heavy (non-hydrogen) atoms. The average molecular weight is 249 g/mol. The first-order chi connectivity index (χ1) is 8.61. The first kappa shape index (κ1) is 12.9. The molecule has 2 N–H and O–H groups in total. The maximum Gasteiger partial charge on any atom is 0.329 e. The van der Waals surface area contributed by atoms with Crippen molar-refractivity contribution >= 4 is 11.7 Å². The lowest BCUT2D eigenvalue weighted by Gasteiger charge is -2.29. The third-order valence-corrected chi connectivity index (χ3v) is 3.18. The number of rotatable bonds is 2. The maximum atomic E-state index is 12.0. The van der Waals surface area contributed by atoms with Crippen LogP contribution >= 0.6 is 0 Å². The summed E-state index contributed by atoms with van der Waals surface area (Å²) in [6, 6.07) is 7.45. The van der Waals surface area contributed by atoms with Crippen molar-refractivity contribution in [3.05, 3.63) is 29.8 Å².